The van der Waals surface area contributed by atoms with E-state index in [-0.39, 0.29) is 0 Å². The molecule has 4 rings (SSSR count). The lowest BCUT2D eigenvalue weighted by atomic mass is 10.2. The summed E-state index contributed by atoms with van der Waals surface area (Å²) in [7, 11) is 0. The SMILES string of the molecule is Cc1nnc2n1CC(C(=O)O)N(Cc1ccc(C3CC3C)o1)C2. The molecule has 2 aliphatic rings. The number of hydrogen-bond acceptors (Lipinski definition) is 5. The summed E-state index contributed by atoms with van der Waals surface area (Å²) in [5, 5.41) is 17.7. The summed E-state index contributed by atoms with van der Waals surface area (Å²) in [6, 6.07) is 3.39. The molecule has 3 unspecified atom stereocenters. The van der Waals surface area contributed by atoms with Gasteiger partial charge in [0.2, 0.25) is 0 Å². The van der Waals surface area contributed by atoms with E-state index < -0.39 is 12.0 Å². The molecule has 122 valence electrons. The summed E-state index contributed by atoms with van der Waals surface area (Å²) in [6.07, 6.45) is 1.18. The van der Waals surface area contributed by atoms with Crippen molar-refractivity contribution in [2.75, 3.05) is 0 Å². The Balaban J connectivity index is 1.54. The maximum Gasteiger partial charge on any atom is 0.322 e. The van der Waals surface area contributed by atoms with Crippen LogP contribution in [0.5, 0.6) is 0 Å². The largest absolute Gasteiger partial charge is 0.480 e. The first-order chi connectivity index (χ1) is 11.0. The molecule has 3 atom stereocenters. The average molecular weight is 316 g/mol. The van der Waals surface area contributed by atoms with Gasteiger partial charge in [0.15, 0.2) is 0 Å². The zero-order valence-corrected chi connectivity index (χ0v) is 13.3. The second-order valence-corrected chi connectivity index (χ2v) is 6.66. The predicted molar refractivity (Wildman–Crippen MR) is 80.7 cm³/mol. The van der Waals surface area contributed by atoms with Crippen LogP contribution in [0.25, 0.3) is 0 Å². The summed E-state index contributed by atoms with van der Waals surface area (Å²) in [5.41, 5.74) is 0. The molecule has 3 heterocycles. The van der Waals surface area contributed by atoms with Crippen LogP contribution in [0, 0.1) is 12.8 Å². The normalized spacial score (nSPS) is 27.0. The van der Waals surface area contributed by atoms with Crippen LogP contribution in [-0.2, 0) is 24.4 Å². The van der Waals surface area contributed by atoms with Gasteiger partial charge in [0.1, 0.15) is 29.2 Å². The molecule has 7 nitrogen and oxygen atoms in total. The van der Waals surface area contributed by atoms with Crippen molar-refractivity contribution in [2.45, 2.75) is 51.9 Å². The third-order valence-corrected chi connectivity index (χ3v) is 4.95. The van der Waals surface area contributed by atoms with Crippen LogP contribution in [0.3, 0.4) is 0 Å². The summed E-state index contributed by atoms with van der Waals surface area (Å²) in [4.78, 5) is 13.5. The van der Waals surface area contributed by atoms with Crippen molar-refractivity contribution in [2.24, 2.45) is 5.92 Å². The number of carbonyl (C=O) groups is 1. The molecule has 1 aliphatic heterocycles. The molecule has 0 radical (unpaired) electrons. The van der Waals surface area contributed by atoms with Gasteiger partial charge in [-0.25, -0.2) is 0 Å². The lowest BCUT2D eigenvalue weighted by Gasteiger charge is -2.32. The topological polar surface area (TPSA) is 84.4 Å². The molecule has 0 amide bonds. The molecule has 1 N–H and O–H groups in total. The Morgan fingerprint density at radius 3 is 2.91 bits per heavy atom. The minimum absolute atomic E-state index is 0.372. The molecule has 0 saturated heterocycles. The number of carboxylic acids is 1. The Labute approximate surface area is 133 Å². The molecule has 1 fully saturated rings. The summed E-state index contributed by atoms with van der Waals surface area (Å²) >= 11 is 0. The number of carboxylic acid groups (broad SMARTS) is 1. The third kappa shape index (κ3) is 2.55. The second kappa shape index (κ2) is 5.19. The standard InChI is InChI=1S/C16H20N4O3/c1-9-5-12(9)14-4-3-11(23-14)6-19-8-15-18-17-10(2)20(15)7-13(19)16(21)22/h3-4,9,12-13H,5-8H2,1-2H3,(H,21,22). The molecule has 1 saturated carbocycles. The number of rotatable bonds is 4. The molecule has 7 heteroatoms. The van der Waals surface area contributed by atoms with E-state index in [1.807, 2.05) is 28.5 Å². The highest BCUT2D eigenvalue weighted by Gasteiger charge is 2.37. The molecule has 23 heavy (non-hydrogen) atoms. The Morgan fingerprint density at radius 1 is 1.43 bits per heavy atom. The Bertz CT molecular complexity index is 750. The van der Waals surface area contributed by atoms with E-state index in [2.05, 4.69) is 17.1 Å². The quantitative estimate of drug-likeness (QED) is 0.925. The maximum atomic E-state index is 11.6. The number of fused-ring (bicyclic) bond motifs is 1. The van der Waals surface area contributed by atoms with Gasteiger partial charge in [-0.15, -0.1) is 10.2 Å². The van der Waals surface area contributed by atoms with Crippen molar-refractivity contribution in [3.63, 3.8) is 0 Å². The van der Waals surface area contributed by atoms with E-state index >= 15 is 0 Å². The van der Waals surface area contributed by atoms with Crippen molar-refractivity contribution in [3.05, 3.63) is 35.3 Å². The Kier molecular flexibility index (Phi) is 3.26. The van der Waals surface area contributed by atoms with E-state index in [1.165, 1.54) is 6.42 Å². The van der Waals surface area contributed by atoms with Crippen molar-refractivity contribution < 1.29 is 14.3 Å². The summed E-state index contributed by atoms with van der Waals surface area (Å²) in [5.74, 6) is 3.80. The van der Waals surface area contributed by atoms with E-state index in [4.69, 9.17) is 4.42 Å². The molecule has 0 aromatic carbocycles. The number of nitrogens with zero attached hydrogens (tertiary/aromatic N) is 4. The van der Waals surface area contributed by atoms with Crippen molar-refractivity contribution in [3.8, 4) is 0 Å². The average Bonchev–Trinajstić information content (AvgIpc) is 2.92. The first-order valence-electron chi connectivity index (χ1n) is 7.97. The van der Waals surface area contributed by atoms with Gasteiger partial charge in [0.05, 0.1) is 19.6 Å². The summed E-state index contributed by atoms with van der Waals surface area (Å²) < 4.78 is 7.81. The van der Waals surface area contributed by atoms with Gasteiger partial charge in [-0.2, -0.15) is 0 Å². The molecule has 0 bridgehead atoms. The fourth-order valence-electron chi connectivity index (χ4n) is 3.36. The van der Waals surface area contributed by atoms with E-state index in [1.54, 1.807) is 0 Å². The smallest absolute Gasteiger partial charge is 0.322 e. The molecular weight excluding hydrogens is 296 g/mol. The third-order valence-electron chi connectivity index (χ3n) is 4.95. The maximum absolute atomic E-state index is 11.6. The number of aryl methyl sites for hydroxylation is 1. The number of aliphatic carboxylic acids is 1. The van der Waals surface area contributed by atoms with Gasteiger partial charge in [0, 0.05) is 5.92 Å². The minimum Gasteiger partial charge on any atom is -0.480 e. The van der Waals surface area contributed by atoms with Gasteiger partial charge in [-0.3, -0.25) is 9.69 Å². The van der Waals surface area contributed by atoms with Crippen LogP contribution < -0.4 is 0 Å². The summed E-state index contributed by atoms with van der Waals surface area (Å²) in [6.45, 7) is 5.38. The Hall–Kier alpha value is -2.15. The van der Waals surface area contributed by atoms with Crippen molar-refractivity contribution in [1.82, 2.24) is 19.7 Å². The van der Waals surface area contributed by atoms with Crippen LogP contribution in [-0.4, -0.2) is 36.8 Å². The van der Waals surface area contributed by atoms with E-state index in [9.17, 15) is 9.90 Å². The van der Waals surface area contributed by atoms with Crippen LogP contribution in [0.15, 0.2) is 16.5 Å². The van der Waals surface area contributed by atoms with Crippen LogP contribution in [0.2, 0.25) is 0 Å². The molecule has 0 spiro atoms. The van der Waals surface area contributed by atoms with Gasteiger partial charge in [0.25, 0.3) is 0 Å². The van der Waals surface area contributed by atoms with E-state index in [0.717, 1.165) is 23.2 Å². The lowest BCUT2D eigenvalue weighted by Crippen LogP contribution is -2.47. The monoisotopic (exact) mass is 316 g/mol. The van der Waals surface area contributed by atoms with Gasteiger partial charge in [-0.1, -0.05) is 6.92 Å². The molecular formula is C16H20N4O3. The second-order valence-electron chi connectivity index (χ2n) is 6.66. The Morgan fingerprint density at radius 2 is 2.22 bits per heavy atom. The van der Waals surface area contributed by atoms with Crippen molar-refractivity contribution >= 4 is 5.97 Å². The zero-order chi connectivity index (χ0) is 16.1. The fourth-order valence-corrected chi connectivity index (χ4v) is 3.36. The zero-order valence-electron chi connectivity index (χ0n) is 13.3. The van der Waals surface area contributed by atoms with Gasteiger partial charge in [-0.05, 0) is 31.4 Å². The first-order valence-corrected chi connectivity index (χ1v) is 7.97. The van der Waals surface area contributed by atoms with Crippen LogP contribution >= 0.6 is 0 Å². The van der Waals surface area contributed by atoms with Gasteiger partial charge >= 0.3 is 5.97 Å². The highest BCUT2D eigenvalue weighted by Crippen LogP contribution is 2.47. The number of furan rings is 1. The van der Waals surface area contributed by atoms with Gasteiger partial charge < -0.3 is 14.1 Å². The molecule has 2 aromatic rings. The lowest BCUT2D eigenvalue weighted by molar-refractivity contribution is -0.145. The van der Waals surface area contributed by atoms with Crippen molar-refractivity contribution in [1.29, 1.82) is 0 Å². The number of hydrogen-bond donors (Lipinski definition) is 1. The molecule has 2 aromatic heterocycles. The minimum atomic E-state index is -0.827. The predicted octanol–water partition coefficient (Wildman–Crippen LogP) is 1.77. The van der Waals surface area contributed by atoms with E-state index in [0.29, 0.717) is 31.5 Å². The van der Waals surface area contributed by atoms with Crippen LogP contribution in [0.4, 0.5) is 0 Å². The first kappa shape index (κ1) is 14.4. The molecule has 1 aliphatic carbocycles. The highest BCUT2D eigenvalue weighted by molar-refractivity contribution is 5.73. The highest BCUT2D eigenvalue weighted by atomic mass is 16.4. The number of aromatic nitrogens is 3. The van der Waals surface area contributed by atoms with Crippen LogP contribution in [0.1, 0.15) is 42.4 Å². The fraction of sp³-hybridized carbons (Fsp3) is 0.562.